The second-order valence-electron chi connectivity index (χ2n) is 10.4. The number of pyridine rings is 1. The first-order valence-electron chi connectivity index (χ1n) is 11.3. The monoisotopic (exact) mass is 551 g/mol. The fraction of sp³-hybridized carbons (Fsp3) is 0.458. The Labute approximate surface area is 208 Å². The number of rotatable bonds is 6. The van der Waals surface area contributed by atoms with Crippen LogP contribution in [0.15, 0.2) is 36.7 Å². The van der Waals surface area contributed by atoms with Gasteiger partial charge in [-0.15, -0.1) is 0 Å². The summed E-state index contributed by atoms with van der Waals surface area (Å²) in [4.78, 5) is 3.70. The first-order chi connectivity index (χ1) is 16.9. The van der Waals surface area contributed by atoms with Crippen LogP contribution in [0.25, 0.3) is 22.2 Å². The van der Waals surface area contributed by atoms with E-state index in [2.05, 4.69) is 4.98 Å². The van der Waals surface area contributed by atoms with Gasteiger partial charge in [-0.3, -0.25) is 4.98 Å². The number of nitrogens with one attached hydrogen (secondary N) is 1. The molecule has 1 aromatic carbocycles. The molecular weight excluding hydrogens is 527 g/mol. The van der Waals surface area contributed by atoms with Gasteiger partial charge in [-0.2, -0.15) is 31.1 Å². The van der Waals surface area contributed by atoms with E-state index in [4.69, 9.17) is 0 Å². The molecule has 1 aliphatic carbocycles. The molecule has 0 saturated heterocycles. The molecule has 1 fully saturated rings. The van der Waals surface area contributed by atoms with E-state index in [0.29, 0.717) is 6.07 Å². The quantitative estimate of drug-likeness (QED) is 0.352. The molecule has 0 bridgehead atoms. The third-order valence-corrected chi connectivity index (χ3v) is 7.81. The summed E-state index contributed by atoms with van der Waals surface area (Å²) in [6, 6.07) is 0.840. The molecule has 2 aromatic heterocycles. The summed E-state index contributed by atoms with van der Waals surface area (Å²) in [5, 5.41) is -1.20. The first kappa shape index (κ1) is 27.4. The van der Waals surface area contributed by atoms with Crippen molar-refractivity contribution >= 4 is 20.9 Å². The molecule has 3 aromatic rings. The largest absolute Gasteiger partial charge is 0.418 e. The molecule has 0 spiro atoms. The zero-order valence-electron chi connectivity index (χ0n) is 20.0. The molecule has 0 aliphatic heterocycles. The number of benzene rings is 1. The Morgan fingerprint density at radius 2 is 1.76 bits per heavy atom. The van der Waals surface area contributed by atoms with Gasteiger partial charge in [0.05, 0.1) is 16.5 Å². The number of sulfonamides is 1. The summed E-state index contributed by atoms with van der Waals surface area (Å²) >= 11 is 0. The lowest BCUT2D eigenvalue weighted by Crippen LogP contribution is -2.39. The van der Waals surface area contributed by atoms with Crippen molar-refractivity contribution in [1.29, 1.82) is 0 Å². The Kier molecular flexibility index (Phi) is 6.63. The van der Waals surface area contributed by atoms with Gasteiger partial charge in [0.1, 0.15) is 11.9 Å². The summed E-state index contributed by atoms with van der Waals surface area (Å²) in [5.41, 5.74) is -3.48. The maximum absolute atomic E-state index is 15.3. The van der Waals surface area contributed by atoms with Crippen LogP contribution in [-0.4, -0.2) is 29.4 Å². The van der Waals surface area contributed by atoms with Crippen molar-refractivity contribution in [1.82, 2.24) is 14.3 Å². The standard InChI is InChI=1S/C24H24F7N3O2S/c1-22(2,3)12-34-11-16(21(24(29,30)31)33-37(35,36)13-6-7-13)14-9-18(25)15(10-19(14)34)20-17(23(26,27)28)5-4-8-32-20/h4-5,8-11,13,21,33H,6-7,12H2,1-3H3. The van der Waals surface area contributed by atoms with E-state index < -0.39 is 67.3 Å². The van der Waals surface area contributed by atoms with Gasteiger partial charge in [-0.05, 0) is 42.5 Å². The number of hydrogen-bond acceptors (Lipinski definition) is 3. The number of hydrogen-bond donors (Lipinski definition) is 1. The van der Waals surface area contributed by atoms with Crippen LogP contribution >= 0.6 is 0 Å². The molecule has 4 rings (SSSR count). The number of halogens is 7. The Balaban J connectivity index is 1.97. The molecule has 1 saturated carbocycles. The highest BCUT2D eigenvalue weighted by molar-refractivity contribution is 7.90. The molecule has 202 valence electrons. The van der Waals surface area contributed by atoms with E-state index >= 15 is 4.39 Å². The predicted octanol–water partition coefficient (Wildman–Crippen LogP) is 6.59. The zero-order valence-corrected chi connectivity index (χ0v) is 20.8. The van der Waals surface area contributed by atoms with Crippen molar-refractivity contribution in [2.24, 2.45) is 5.41 Å². The van der Waals surface area contributed by atoms with Crippen LogP contribution in [0.5, 0.6) is 0 Å². The highest BCUT2D eigenvalue weighted by atomic mass is 32.2. The van der Waals surface area contributed by atoms with Crippen molar-refractivity contribution < 1.29 is 39.2 Å². The van der Waals surface area contributed by atoms with Crippen molar-refractivity contribution in [3.63, 3.8) is 0 Å². The Hall–Kier alpha value is -2.67. The van der Waals surface area contributed by atoms with Gasteiger partial charge in [-0.25, -0.2) is 12.8 Å². The van der Waals surface area contributed by atoms with Crippen LogP contribution in [0.2, 0.25) is 0 Å². The SMILES string of the molecule is CC(C)(C)Cn1cc(C(NS(=O)(=O)C2CC2)C(F)(F)F)c2cc(F)c(-c3ncccc3C(F)(F)F)cc21. The highest BCUT2D eigenvalue weighted by Gasteiger charge is 2.48. The number of fused-ring (bicyclic) bond motifs is 1. The zero-order chi connectivity index (χ0) is 27.6. The summed E-state index contributed by atoms with van der Waals surface area (Å²) in [6.45, 7) is 5.49. The van der Waals surface area contributed by atoms with Crippen LogP contribution in [0.3, 0.4) is 0 Å². The third-order valence-electron chi connectivity index (χ3n) is 5.90. The second kappa shape index (κ2) is 8.97. The second-order valence-corrected chi connectivity index (χ2v) is 12.3. The van der Waals surface area contributed by atoms with Crippen LogP contribution in [0.4, 0.5) is 30.7 Å². The van der Waals surface area contributed by atoms with Crippen LogP contribution < -0.4 is 4.72 Å². The minimum Gasteiger partial charge on any atom is -0.347 e. The molecular formula is C24H24F7N3O2S. The van der Waals surface area contributed by atoms with Gasteiger partial charge in [0.25, 0.3) is 0 Å². The van der Waals surface area contributed by atoms with E-state index in [1.165, 1.54) is 4.57 Å². The molecule has 13 heteroatoms. The molecule has 0 amide bonds. The van der Waals surface area contributed by atoms with E-state index in [9.17, 15) is 34.8 Å². The fourth-order valence-corrected chi connectivity index (χ4v) is 5.72. The lowest BCUT2D eigenvalue weighted by molar-refractivity contribution is -0.152. The van der Waals surface area contributed by atoms with Crippen LogP contribution in [0.1, 0.15) is 50.8 Å². The van der Waals surface area contributed by atoms with Gasteiger partial charge in [0, 0.05) is 41.0 Å². The molecule has 1 unspecified atom stereocenters. The van der Waals surface area contributed by atoms with Crippen molar-refractivity contribution in [3.05, 3.63) is 53.6 Å². The molecule has 37 heavy (non-hydrogen) atoms. The molecule has 0 radical (unpaired) electrons. The van der Waals surface area contributed by atoms with Crippen LogP contribution in [-0.2, 0) is 22.7 Å². The van der Waals surface area contributed by atoms with Gasteiger partial charge >= 0.3 is 12.4 Å². The lowest BCUT2D eigenvalue weighted by Gasteiger charge is -2.22. The number of alkyl halides is 6. The summed E-state index contributed by atoms with van der Waals surface area (Å²) in [6.07, 6.45) is -7.32. The maximum Gasteiger partial charge on any atom is 0.418 e. The Morgan fingerprint density at radius 1 is 1.11 bits per heavy atom. The Bertz CT molecular complexity index is 1430. The van der Waals surface area contributed by atoms with Gasteiger partial charge in [0.15, 0.2) is 0 Å². The molecule has 1 N–H and O–H groups in total. The smallest absolute Gasteiger partial charge is 0.347 e. The number of aromatic nitrogens is 2. The van der Waals surface area contributed by atoms with Gasteiger partial charge < -0.3 is 4.57 Å². The van der Waals surface area contributed by atoms with E-state index in [1.54, 1.807) is 25.5 Å². The highest BCUT2D eigenvalue weighted by Crippen LogP contribution is 2.43. The first-order valence-corrected chi connectivity index (χ1v) is 12.9. The summed E-state index contributed by atoms with van der Waals surface area (Å²) < 4.78 is 126. The third kappa shape index (κ3) is 5.77. The van der Waals surface area contributed by atoms with Gasteiger partial charge in [-0.1, -0.05) is 20.8 Å². The predicted molar refractivity (Wildman–Crippen MR) is 123 cm³/mol. The molecule has 1 aliphatic rings. The number of nitrogens with zero attached hydrogens (tertiary/aromatic N) is 2. The summed E-state index contributed by atoms with van der Waals surface area (Å²) in [7, 11) is -4.30. The molecule has 1 atom stereocenters. The molecule has 2 heterocycles. The molecule has 5 nitrogen and oxygen atoms in total. The minimum atomic E-state index is -5.07. The van der Waals surface area contributed by atoms with Gasteiger partial charge in [0.2, 0.25) is 10.0 Å². The van der Waals surface area contributed by atoms with E-state index in [-0.39, 0.29) is 30.3 Å². The topological polar surface area (TPSA) is 64.0 Å². The lowest BCUT2D eigenvalue weighted by atomic mass is 9.96. The average Bonchev–Trinajstić information content (AvgIpc) is 3.55. The van der Waals surface area contributed by atoms with Crippen molar-refractivity contribution in [3.8, 4) is 11.3 Å². The van der Waals surface area contributed by atoms with Crippen molar-refractivity contribution in [2.75, 3.05) is 0 Å². The maximum atomic E-state index is 15.3. The summed E-state index contributed by atoms with van der Waals surface area (Å²) in [5.74, 6) is -1.22. The average molecular weight is 552 g/mol. The van der Waals surface area contributed by atoms with Crippen molar-refractivity contribution in [2.45, 2.75) is 63.8 Å². The van der Waals surface area contributed by atoms with E-state index in [1.807, 2.05) is 0 Å². The Morgan fingerprint density at radius 3 is 2.30 bits per heavy atom. The van der Waals surface area contributed by atoms with Crippen LogP contribution in [0, 0.1) is 11.2 Å². The normalized spacial score (nSPS) is 16.4. The van der Waals surface area contributed by atoms with E-state index in [0.717, 1.165) is 30.6 Å². The fourth-order valence-electron chi connectivity index (χ4n) is 4.19. The minimum absolute atomic E-state index is 0.0139.